The molecular formula is C17H29BN2O2. The summed E-state index contributed by atoms with van der Waals surface area (Å²) in [6, 6.07) is 0. The molecule has 1 aliphatic carbocycles. The summed E-state index contributed by atoms with van der Waals surface area (Å²) in [4.78, 5) is 0. The van der Waals surface area contributed by atoms with Crippen LogP contribution in [0.1, 0.15) is 65.5 Å². The minimum Gasteiger partial charge on any atom is -0.399 e. The Morgan fingerprint density at radius 3 is 2.32 bits per heavy atom. The van der Waals surface area contributed by atoms with E-state index in [-0.39, 0.29) is 18.3 Å². The van der Waals surface area contributed by atoms with Gasteiger partial charge in [0.25, 0.3) is 0 Å². The molecule has 0 N–H and O–H groups in total. The van der Waals surface area contributed by atoms with E-state index < -0.39 is 0 Å². The van der Waals surface area contributed by atoms with Gasteiger partial charge in [-0.15, -0.1) is 0 Å². The monoisotopic (exact) mass is 304 g/mol. The molecule has 0 unspecified atom stereocenters. The quantitative estimate of drug-likeness (QED) is 0.805. The fraction of sp³-hybridized carbons (Fsp3) is 0.824. The van der Waals surface area contributed by atoms with Gasteiger partial charge >= 0.3 is 7.12 Å². The molecular weight excluding hydrogens is 275 g/mol. The normalized spacial score (nSPS) is 24.9. The first kappa shape index (κ1) is 16.1. The third kappa shape index (κ3) is 2.85. The first-order chi connectivity index (χ1) is 10.3. The standard InChI is InChI=1S/C17H29BN2O2/c1-13-15(18-21-16(2,3)17(4,5)22-18)11-19-20(13)12-14-9-7-6-8-10-14/h11,14H,6-10,12H2,1-5H3. The Hall–Kier alpha value is -0.805. The maximum Gasteiger partial charge on any atom is 0.498 e. The molecule has 3 rings (SSSR count). The van der Waals surface area contributed by atoms with Crippen molar-refractivity contribution in [2.24, 2.45) is 5.92 Å². The van der Waals surface area contributed by atoms with E-state index in [9.17, 15) is 0 Å². The Morgan fingerprint density at radius 2 is 1.73 bits per heavy atom. The second-order valence-electron chi connectivity index (χ2n) is 7.96. The van der Waals surface area contributed by atoms with Gasteiger partial charge in [0.1, 0.15) is 0 Å². The molecule has 2 heterocycles. The minimum absolute atomic E-state index is 0.296. The number of rotatable bonds is 3. The Kier molecular flexibility index (Phi) is 4.15. The summed E-state index contributed by atoms with van der Waals surface area (Å²) in [6.07, 6.45) is 8.74. The van der Waals surface area contributed by atoms with Gasteiger partial charge in [-0.3, -0.25) is 4.68 Å². The first-order valence-corrected chi connectivity index (χ1v) is 8.68. The van der Waals surface area contributed by atoms with E-state index in [4.69, 9.17) is 9.31 Å². The van der Waals surface area contributed by atoms with Gasteiger partial charge in [-0.25, -0.2) is 0 Å². The zero-order valence-corrected chi connectivity index (χ0v) is 14.7. The Bertz CT molecular complexity index is 517. The molecule has 2 aliphatic rings. The van der Waals surface area contributed by atoms with Crippen LogP contribution in [0.4, 0.5) is 0 Å². The summed E-state index contributed by atoms with van der Waals surface area (Å²) in [5, 5.41) is 4.61. The predicted octanol–water partition coefficient (Wildman–Crippen LogP) is 3.07. The van der Waals surface area contributed by atoms with E-state index in [1.807, 2.05) is 6.20 Å². The van der Waals surface area contributed by atoms with Crippen molar-refractivity contribution in [2.45, 2.75) is 84.5 Å². The third-order valence-electron chi connectivity index (χ3n) is 5.80. The summed E-state index contributed by atoms with van der Waals surface area (Å²) in [6.45, 7) is 11.5. The smallest absolute Gasteiger partial charge is 0.399 e. The van der Waals surface area contributed by atoms with Crippen molar-refractivity contribution in [3.8, 4) is 0 Å². The minimum atomic E-state index is -0.301. The van der Waals surface area contributed by atoms with E-state index in [2.05, 4.69) is 44.4 Å². The number of hydrogen-bond acceptors (Lipinski definition) is 3. The molecule has 1 aromatic rings. The SMILES string of the molecule is Cc1c(B2OC(C)(C)C(C)(C)O2)cnn1CC1CCCCC1. The number of nitrogens with zero attached hydrogens (tertiary/aromatic N) is 2. The van der Waals surface area contributed by atoms with Crippen LogP contribution in [0, 0.1) is 12.8 Å². The van der Waals surface area contributed by atoms with Crippen molar-refractivity contribution >= 4 is 12.6 Å². The lowest BCUT2D eigenvalue weighted by molar-refractivity contribution is 0.00578. The summed E-state index contributed by atoms with van der Waals surface area (Å²) in [5.74, 6) is 0.776. The summed E-state index contributed by atoms with van der Waals surface area (Å²) >= 11 is 0. The van der Waals surface area contributed by atoms with Crippen LogP contribution in [0.3, 0.4) is 0 Å². The summed E-state index contributed by atoms with van der Waals surface area (Å²) in [5.41, 5.74) is 1.67. The number of hydrogen-bond donors (Lipinski definition) is 0. The molecule has 22 heavy (non-hydrogen) atoms. The Balaban J connectivity index is 1.74. The maximum atomic E-state index is 6.16. The Morgan fingerprint density at radius 1 is 1.14 bits per heavy atom. The second kappa shape index (κ2) is 5.68. The Labute approximate surface area is 134 Å². The van der Waals surface area contributed by atoms with Crippen molar-refractivity contribution in [3.63, 3.8) is 0 Å². The van der Waals surface area contributed by atoms with Crippen molar-refractivity contribution in [1.29, 1.82) is 0 Å². The zero-order chi connectivity index (χ0) is 16.0. The van der Waals surface area contributed by atoms with Crippen LogP contribution < -0.4 is 5.46 Å². The highest BCUT2D eigenvalue weighted by molar-refractivity contribution is 6.62. The molecule has 122 valence electrons. The van der Waals surface area contributed by atoms with Crippen molar-refractivity contribution < 1.29 is 9.31 Å². The lowest BCUT2D eigenvalue weighted by Gasteiger charge is -2.32. The lowest BCUT2D eigenvalue weighted by atomic mass is 9.79. The zero-order valence-electron chi connectivity index (χ0n) is 14.7. The van der Waals surface area contributed by atoms with E-state index in [0.29, 0.717) is 0 Å². The first-order valence-electron chi connectivity index (χ1n) is 8.68. The average Bonchev–Trinajstić information content (AvgIpc) is 2.89. The predicted molar refractivity (Wildman–Crippen MR) is 89.3 cm³/mol. The summed E-state index contributed by atoms with van der Waals surface area (Å²) < 4.78 is 14.5. The van der Waals surface area contributed by atoms with Gasteiger partial charge in [0.15, 0.2) is 0 Å². The highest BCUT2D eigenvalue weighted by atomic mass is 16.7. The van der Waals surface area contributed by atoms with E-state index in [1.165, 1.54) is 37.8 Å². The molecule has 0 bridgehead atoms. The van der Waals surface area contributed by atoms with Gasteiger partial charge in [-0.05, 0) is 53.4 Å². The van der Waals surface area contributed by atoms with Gasteiger partial charge in [0.05, 0.1) is 11.2 Å². The van der Waals surface area contributed by atoms with Crippen molar-refractivity contribution in [3.05, 3.63) is 11.9 Å². The molecule has 4 nitrogen and oxygen atoms in total. The highest BCUT2D eigenvalue weighted by Gasteiger charge is 2.52. The van der Waals surface area contributed by atoms with Gasteiger partial charge in [0, 0.05) is 23.9 Å². The average molecular weight is 304 g/mol. The van der Waals surface area contributed by atoms with Gasteiger partial charge < -0.3 is 9.31 Å². The van der Waals surface area contributed by atoms with Crippen LogP contribution in [0.15, 0.2) is 6.20 Å². The van der Waals surface area contributed by atoms with Crippen LogP contribution in [-0.2, 0) is 15.9 Å². The van der Waals surface area contributed by atoms with Crippen LogP contribution in [0.5, 0.6) is 0 Å². The van der Waals surface area contributed by atoms with Crippen molar-refractivity contribution in [1.82, 2.24) is 9.78 Å². The fourth-order valence-corrected chi connectivity index (χ4v) is 3.46. The van der Waals surface area contributed by atoms with Crippen LogP contribution in [0.25, 0.3) is 0 Å². The van der Waals surface area contributed by atoms with Gasteiger partial charge in [-0.1, -0.05) is 19.3 Å². The molecule has 2 fully saturated rings. The summed E-state index contributed by atoms with van der Waals surface area (Å²) in [7, 11) is -0.301. The van der Waals surface area contributed by atoms with E-state index >= 15 is 0 Å². The molecule has 1 aromatic heterocycles. The van der Waals surface area contributed by atoms with Crippen LogP contribution in [0.2, 0.25) is 0 Å². The van der Waals surface area contributed by atoms with Crippen molar-refractivity contribution in [2.75, 3.05) is 0 Å². The number of aromatic nitrogens is 2. The van der Waals surface area contributed by atoms with Gasteiger partial charge in [0.2, 0.25) is 0 Å². The molecule has 1 saturated heterocycles. The largest absolute Gasteiger partial charge is 0.498 e. The van der Waals surface area contributed by atoms with Crippen LogP contribution in [-0.4, -0.2) is 28.1 Å². The van der Waals surface area contributed by atoms with E-state index in [1.54, 1.807) is 0 Å². The fourth-order valence-electron chi connectivity index (χ4n) is 3.46. The molecule has 0 radical (unpaired) electrons. The topological polar surface area (TPSA) is 36.3 Å². The van der Waals surface area contributed by atoms with Crippen LogP contribution >= 0.6 is 0 Å². The molecule has 5 heteroatoms. The lowest BCUT2D eigenvalue weighted by Crippen LogP contribution is -2.41. The molecule has 0 amide bonds. The molecule has 0 aromatic carbocycles. The molecule has 0 spiro atoms. The molecule has 0 atom stereocenters. The van der Waals surface area contributed by atoms with E-state index in [0.717, 1.165) is 17.9 Å². The molecule has 1 aliphatic heterocycles. The second-order valence-corrected chi connectivity index (χ2v) is 7.96. The molecule has 1 saturated carbocycles. The van der Waals surface area contributed by atoms with Gasteiger partial charge in [-0.2, -0.15) is 5.10 Å². The third-order valence-corrected chi connectivity index (χ3v) is 5.80. The maximum absolute atomic E-state index is 6.16. The highest BCUT2D eigenvalue weighted by Crippen LogP contribution is 2.36.